The van der Waals surface area contributed by atoms with E-state index in [1.165, 1.54) is 28.2 Å². The molecule has 26 heavy (non-hydrogen) atoms. The zero-order valence-electron chi connectivity index (χ0n) is 13.4. The van der Waals surface area contributed by atoms with Gasteiger partial charge in [-0.2, -0.15) is 0 Å². The Morgan fingerprint density at radius 1 is 1.23 bits per heavy atom. The fourth-order valence-electron chi connectivity index (χ4n) is 3.02. The second-order valence-corrected chi connectivity index (χ2v) is 6.62. The Morgan fingerprint density at radius 2 is 2.00 bits per heavy atom. The maximum absolute atomic E-state index is 13.0. The molecule has 0 aliphatic carbocycles. The summed E-state index contributed by atoms with van der Waals surface area (Å²) in [5.41, 5.74) is 4.30. The Balaban J connectivity index is 2.26. The number of carbonyl (C=O) groups excluding carboxylic acids is 1. The smallest absolute Gasteiger partial charge is 0.343 e. The molecule has 3 aromatic heterocycles. The number of nitrogens with zero attached hydrogens (tertiary/aromatic N) is 4. The maximum atomic E-state index is 13.0. The topological polar surface area (TPSA) is 131 Å². The van der Waals surface area contributed by atoms with Crippen molar-refractivity contribution in [2.24, 2.45) is 5.73 Å². The van der Waals surface area contributed by atoms with Gasteiger partial charge in [0.1, 0.15) is 11.4 Å². The van der Waals surface area contributed by atoms with Gasteiger partial charge in [-0.05, 0) is 12.5 Å². The summed E-state index contributed by atoms with van der Waals surface area (Å²) in [5, 5.41) is 11.8. The number of hydrogen-bond acceptors (Lipinski definition) is 7. The number of fused-ring (bicyclic) bond motifs is 1. The lowest BCUT2D eigenvalue weighted by Gasteiger charge is -2.35. The van der Waals surface area contributed by atoms with Gasteiger partial charge in [0.2, 0.25) is 11.3 Å². The molecule has 0 saturated carbocycles. The summed E-state index contributed by atoms with van der Waals surface area (Å²) in [6.07, 6.45) is 3.83. The highest BCUT2D eigenvalue weighted by Crippen LogP contribution is 2.31. The minimum atomic E-state index is -1.37. The Labute approximate surface area is 150 Å². The summed E-state index contributed by atoms with van der Waals surface area (Å²) in [4.78, 5) is 47.0. The molecule has 0 unspecified atom stereocenters. The first-order chi connectivity index (χ1) is 12.5. The van der Waals surface area contributed by atoms with E-state index in [1.807, 2.05) is 0 Å². The number of anilines is 1. The number of nitrogens with two attached hydrogens (primary N) is 1. The first-order valence-electron chi connectivity index (χ1n) is 7.76. The van der Waals surface area contributed by atoms with Crippen molar-refractivity contribution in [2.45, 2.75) is 6.42 Å². The quantitative estimate of drug-likeness (QED) is 0.695. The number of hydrogen-bond donors (Lipinski definition) is 2. The number of thiazole rings is 1. The number of carboxylic acid groups (broad SMARTS) is 1. The first kappa shape index (κ1) is 16.2. The van der Waals surface area contributed by atoms with E-state index >= 15 is 0 Å². The van der Waals surface area contributed by atoms with Crippen molar-refractivity contribution in [3.05, 3.63) is 45.2 Å². The van der Waals surface area contributed by atoms with Gasteiger partial charge in [-0.3, -0.25) is 14.2 Å². The van der Waals surface area contributed by atoms with Crippen molar-refractivity contribution in [3.63, 3.8) is 0 Å². The number of primary amides is 1. The summed E-state index contributed by atoms with van der Waals surface area (Å²) < 4.78 is 1.52. The number of aromatic carboxylic acids is 1. The molecule has 0 bridgehead atoms. The molecular weight excluding hydrogens is 358 g/mol. The van der Waals surface area contributed by atoms with Gasteiger partial charge in [0.15, 0.2) is 10.8 Å². The van der Waals surface area contributed by atoms with Crippen molar-refractivity contribution in [2.75, 3.05) is 18.0 Å². The first-order valence-corrected chi connectivity index (χ1v) is 8.64. The van der Waals surface area contributed by atoms with Crippen LogP contribution in [-0.4, -0.2) is 44.6 Å². The van der Waals surface area contributed by atoms with Crippen molar-refractivity contribution >= 4 is 40.1 Å². The third kappa shape index (κ3) is 2.26. The molecule has 0 radical (unpaired) electrons. The van der Waals surface area contributed by atoms with Crippen LogP contribution in [0.4, 0.5) is 5.82 Å². The van der Waals surface area contributed by atoms with Crippen LogP contribution in [0.25, 0.3) is 16.2 Å². The summed E-state index contributed by atoms with van der Waals surface area (Å²) in [6.45, 7) is 1.23. The molecule has 0 aromatic carbocycles. The third-order valence-electron chi connectivity index (χ3n) is 4.28. The van der Waals surface area contributed by atoms with E-state index in [2.05, 4.69) is 9.97 Å². The van der Waals surface area contributed by atoms with Crippen LogP contribution in [0.15, 0.2) is 28.6 Å². The largest absolute Gasteiger partial charge is 0.477 e. The monoisotopic (exact) mass is 371 g/mol. The maximum Gasteiger partial charge on any atom is 0.343 e. The summed E-state index contributed by atoms with van der Waals surface area (Å²) in [7, 11) is 0. The molecule has 1 fully saturated rings. The van der Waals surface area contributed by atoms with Crippen LogP contribution in [0.2, 0.25) is 0 Å². The highest BCUT2D eigenvalue weighted by molar-refractivity contribution is 7.12. The van der Waals surface area contributed by atoms with Crippen LogP contribution in [-0.2, 0) is 0 Å². The van der Waals surface area contributed by atoms with E-state index in [0.717, 1.165) is 6.42 Å². The van der Waals surface area contributed by atoms with Crippen LogP contribution in [0.3, 0.4) is 0 Å². The third-order valence-corrected chi connectivity index (χ3v) is 5.03. The van der Waals surface area contributed by atoms with Gasteiger partial charge in [0.25, 0.3) is 0 Å². The molecule has 1 amide bonds. The molecule has 4 heterocycles. The number of aromatic nitrogens is 3. The molecule has 3 aromatic rings. The second-order valence-electron chi connectivity index (χ2n) is 5.74. The lowest BCUT2D eigenvalue weighted by Crippen LogP contribution is -2.42. The van der Waals surface area contributed by atoms with Gasteiger partial charge in [0, 0.05) is 30.9 Å². The Morgan fingerprint density at radius 3 is 2.54 bits per heavy atom. The van der Waals surface area contributed by atoms with Gasteiger partial charge in [-0.15, -0.1) is 11.3 Å². The van der Waals surface area contributed by atoms with E-state index in [1.54, 1.807) is 16.5 Å². The normalized spacial score (nSPS) is 13.6. The Hall–Kier alpha value is -3.27. The van der Waals surface area contributed by atoms with Crippen molar-refractivity contribution < 1.29 is 14.7 Å². The molecule has 10 heteroatoms. The number of rotatable bonds is 4. The summed E-state index contributed by atoms with van der Waals surface area (Å²) in [5.74, 6) is -1.97. The molecule has 1 saturated heterocycles. The number of carbonyl (C=O) groups is 2. The van der Waals surface area contributed by atoms with Gasteiger partial charge in [-0.25, -0.2) is 14.8 Å². The van der Waals surface area contributed by atoms with Gasteiger partial charge in [0.05, 0.1) is 10.9 Å². The Bertz CT molecular complexity index is 1100. The molecule has 4 rings (SSSR count). The molecule has 1 aliphatic rings. The molecule has 0 spiro atoms. The fraction of sp³-hybridized carbons (Fsp3) is 0.188. The summed E-state index contributed by atoms with van der Waals surface area (Å²) >= 11 is 1.27. The predicted molar refractivity (Wildman–Crippen MR) is 95.3 cm³/mol. The number of pyridine rings is 2. The molecule has 132 valence electrons. The Kier molecular flexibility index (Phi) is 3.69. The van der Waals surface area contributed by atoms with Crippen LogP contribution in [0, 0.1) is 0 Å². The van der Waals surface area contributed by atoms with Crippen LogP contribution >= 0.6 is 11.3 Å². The van der Waals surface area contributed by atoms with E-state index in [9.17, 15) is 19.5 Å². The highest BCUT2D eigenvalue weighted by atomic mass is 32.1. The number of carboxylic acids is 1. The SMILES string of the molecule is NC(=O)c1ccnc2c1c(=O)c(C(=O)O)c(N1CCC1)n2-c1nccs1. The van der Waals surface area contributed by atoms with E-state index < -0.39 is 22.9 Å². The van der Waals surface area contributed by atoms with Crippen molar-refractivity contribution in [1.29, 1.82) is 0 Å². The average molecular weight is 371 g/mol. The second kappa shape index (κ2) is 5.92. The minimum absolute atomic E-state index is 0.0667. The molecule has 0 atom stereocenters. The van der Waals surface area contributed by atoms with Gasteiger partial charge >= 0.3 is 5.97 Å². The fourth-order valence-corrected chi connectivity index (χ4v) is 3.66. The zero-order valence-corrected chi connectivity index (χ0v) is 14.2. The van der Waals surface area contributed by atoms with E-state index in [0.29, 0.717) is 18.2 Å². The standard InChI is InChI=1S/C16H13N5O4S/c17-12(23)8-2-3-18-13-9(8)11(22)10(15(24)25)14(20-5-1-6-20)21(13)16-19-4-7-26-16/h2-4,7H,1,5-6H2,(H2,17,23)(H,24,25). The average Bonchev–Trinajstić information content (AvgIpc) is 3.06. The highest BCUT2D eigenvalue weighted by Gasteiger charge is 2.31. The zero-order chi connectivity index (χ0) is 18.4. The van der Waals surface area contributed by atoms with E-state index in [4.69, 9.17) is 5.73 Å². The summed E-state index contributed by atoms with van der Waals surface area (Å²) in [6, 6.07) is 1.31. The van der Waals surface area contributed by atoms with Crippen LogP contribution in [0.1, 0.15) is 27.1 Å². The number of amides is 1. The molecule has 3 N–H and O–H groups in total. The van der Waals surface area contributed by atoms with Crippen molar-refractivity contribution in [1.82, 2.24) is 14.5 Å². The lowest BCUT2D eigenvalue weighted by atomic mass is 10.1. The van der Waals surface area contributed by atoms with E-state index in [-0.39, 0.29) is 22.4 Å². The minimum Gasteiger partial charge on any atom is -0.477 e. The van der Waals surface area contributed by atoms with Gasteiger partial charge in [-0.1, -0.05) is 0 Å². The van der Waals surface area contributed by atoms with Crippen molar-refractivity contribution in [3.8, 4) is 5.13 Å². The molecule has 9 nitrogen and oxygen atoms in total. The lowest BCUT2D eigenvalue weighted by molar-refractivity contribution is 0.0695. The molecular formula is C16H13N5O4S. The predicted octanol–water partition coefficient (Wildman–Crippen LogP) is 0.849. The molecule has 1 aliphatic heterocycles. The van der Waals surface area contributed by atoms with Gasteiger partial charge < -0.3 is 15.7 Å². The van der Waals surface area contributed by atoms with Crippen LogP contribution < -0.4 is 16.1 Å². The van der Waals surface area contributed by atoms with Crippen LogP contribution in [0.5, 0.6) is 0 Å².